The third-order valence-electron chi connectivity index (χ3n) is 4.04. The van der Waals surface area contributed by atoms with Crippen molar-refractivity contribution in [2.24, 2.45) is 0 Å². The van der Waals surface area contributed by atoms with E-state index in [2.05, 4.69) is 68.1 Å². The second kappa shape index (κ2) is 5.49. The van der Waals surface area contributed by atoms with Gasteiger partial charge in [0, 0.05) is 0 Å². The van der Waals surface area contributed by atoms with Crippen molar-refractivity contribution in [1.82, 2.24) is 0 Å². The molecular weight excluding hydrogens is 410 g/mol. The molecule has 3 rings (SSSR count). The summed E-state index contributed by atoms with van der Waals surface area (Å²) in [6.45, 7) is 4.73. The summed E-state index contributed by atoms with van der Waals surface area (Å²) in [6.07, 6.45) is 0. The first-order chi connectivity index (χ1) is 8.64. The zero-order valence-corrected chi connectivity index (χ0v) is 15.5. The molecule has 1 N–H and O–H groups in total. The van der Waals surface area contributed by atoms with Crippen molar-refractivity contribution >= 4 is 22.3 Å². The van der Waals surface area contributed by atoms with E-state index in [1.807, 2.05) is 0 Å². The minimum Gasteiger partial charge on any atom is -1.00 e. The number of fused-ring (bicyclic) bond motifs is 2. The smallest absolute Gasteiger partial charge is 1.00 e. The van der Waals surface area contributed by atoms with Crippen molar-refractivity contribution in [1.29, 1.82) is 0 Å². The van der Waals surface area contributed by atoms with Gasteiger partial charge in [-0.15, -0.1) is 0 Å². The number of aromatic hydroxyl groups is 2. The zero-order chi connectivity index (χ0) is 12.8. The maximum absolute atomic E-state index is 4.83. The Kier molecular flexibility index (Phi) is 4.31. The monoisotopic (exact) mass is 429 g/mol. The predicted molar refractivity (Wildman–Crippen MR) is 80.0 cm³/mol. The molecule has 0 spiro atoms. The standard InChI is InChI=1S/C16H18AsO.HI/c1-12(2)17(3)13-8-4-6-10-15(13)18-16-11-7-5-9-14(16)17;/h4-12H,1-3H3;1H. The van der Waals surface area contributed by atoms with E-state index in [0.717, 1.165) is 0 Å². The van der Waals surface area contributed by atoms with Crippen molar-refractivity contribution < 1.29 is 28.7 Å². The first kappa shape index (κ1) is 14.9. The molecule has 1 aliphatic rings. The molecule has 19 heavy (non-hydrogen) atoms. The summed E-state index contributed by atoms with van der Waals surface area (Å²) in [6, 6.07) is 17.4. The van der Waals surface area contributed by atoms with E-state index in [1.165, 1.54) is 20.2 Å². The maximum atomic E-state index is 4.83. The molecule has 0 amide bonds. The molecule has 1 aliphatic heterocycles. The average Bonchev–Trinajstić information content (AvgIpc) is 2.39. The van der Waals surface area contributed by atoms with Gasteiger partial charge in [-0.2, -0.15) is 0 Å². The molecule has 101 valence electrons. The largest absolute Gasteiger partial charge is 1.00 e. The molecule has 0 unspecified atom stereocenters. The van der Waals surface area contributed by atoms with Crippen molar-refractivity contribution in [3.63, 3.8) is 0 Å². The molecule has 2 aromatic rings. The van der Waals surface area contributed by atoms with Crippen LogP contribution in [0.4, 0.5) is 0 Å². The van der Waals surface area contributed by atoms with Gasteiger partial charge in [-0.1, -0.05) is 0 Å². The predicted octanol–water partition coefficient (Wildman–Crippen LogP) is 0.262. The van der Waals surface area contributed by atoms with Crippen LogP contribution in [0.5, 0.6) is 11.5 Å². The fourth-order valence-electron chi connectivity index (χ4n) is 2.72. The van der Waals surface area contributed by atoms with Crippen molar-refractivity contribution in [3.8, 4) is 11.5 Å². The first-order valence-electron chi connectivity index (χ1n) is 6.41. The van der Waals surface area contributed by atoms with Crippen LogP contribution in [0.15, 0.2) is 48.5 Å². The summed E-state index contributed by atoms with van der Waals surface area (Å²) in [5.74, 6) is 2.39. The van der Waals surface area contributed by atoms with Crippen LogP contribution in [0, 0.1) is 0 Å². The number of hydrogen-bond acceptors (Lipinski definition) is 0. The van der Waals surface area contributed by atoms with Crippen LogP contribution in [-0.4, -0.2) is 18.3 Å². The van der Waals surface area contributed by atoms with Gasteiger partial charge in [0.1, 0.15) is 0 Å². The van der Waals surface area contributed by atoms with E-state index in [4.69, 9.17) is 4.74 Å². The Morgan fingerprint density at radius 1 is 0.842 bits per heavy atom. The molecule has 2 aromatic carbocycles. The SMILES string of the molecule is CC(C)[As]1(C)c2ccccc2[OH+]c2ccccc21.[I-]. The van der Waals surface area contributed by atoms with E-state index in [-0.39, 0.29) is 24.0 Å². The average molecular weight is 429 g/mol. The minimum absolute atomic E-state index is 0. The molecule has 0 atom stereocenters. The molecule has 0 saturated carbocycles. The van der Waals surface area contributed by atoms with Gasteiger partial charge >= 0.3 is 111 Å². The van der Waals surface area contributed by atoms with Crippen molar-refractivity contribution in [2.75, 3.05) is 0 Å². The summed E-state index contributed by atoms with van der Waals surface area (Å²) >= 11 is -2.05. The van der Waals surface area contributed by atoms with Crippen LogP contribution >= 0.6 is 0 Å². The van der Waals surface area contributed by atoms with Gasteiger partial charge in [-0.3, -0.25) is 0 Å². The topological polar surface area (TPSA) is 12.8 Å². The van der Waals surface area contributed by atoms with E-state index >= 15 is 0 Å². The van der Waals surface area contributed by atoms with Crippen LogP contribution in [0.3, 0.4) is 0 Å². The van der Waals surface area contributed by atoms with Crippen molar-refractivity contribution in [3.05, 3.63) is 48.5 Å². The molecule has 1 radical (unpaired) electrons. The van der Waals surface area contributed by atoms with E-state index in [9.17, 15) is 0 Å². The Labute approximate surface area is 134 Å². The summed E-state index contributed by atoms with van der Waals surface area (Å²) in [7, 11) is 0. The number of halogens is 1. The second-order valence-electron chi connectivity index (χ2n) is 5.26. The zero-order valence-electron chi connectivity index (χ0n) is 11.5. The number of rotatable bonds is 1. The molecule has 0 aromatic heterocycles. The first-order valence-corrected chi connectivity index (χ1v) is 11.2. The van der Waals surface area contributed by atoms with Gasteiger partial charge < -0.3 is 24.0 Å². The third kappa shape index (κ3) is 2.23. The molecule has 3 heteroatoms. The molecule has 0 fully saturated rings. The van der Waals surface area contributed by atoms with Gasteiger partial charge in [0.05, 0.1) is 0 Å². The molecular formula is C16H19AsIO. The molecule has 0 aliphatic carbocycles. The van der Waals surface area contributed by atoms with Crippen LogP contribution in [-0.2, 0) is 0 Å². The number of para-hydroxylation sites is 2. The summed E-state index contributed by atoms with van der Waals surface area (Å²) < 4.78 is 8.57. The van der Waals surface area contributed by atoms with Gasteiger partial charge in [-0.05, 0) is 0 Å². The normalized spacial score (nSPS) is 14.9. The summed E-state index contributed by atoms with van der Waals surface area (Å²) in [4.78, 5) is 0. The van der Waals surface area contributed by atoms with Gasteiger partial charge in [0.25, 0.3) is 0 Å². The van der Waals surface area contributed by atoms with Crippen LogP contribution in [0.25, 0.3) is 0 Å². The van der Waals surface area contributed by atoms with Gasteiger partial charge in [0.15, 0.2) is 0 Å². The Balaban J connectivity index is 0.00000133. The van der Waals surface area contributed by atoms with E-state index < -0.39 is 13.6 Å². The number of ether oxygens (including phenoxy) is 1. The number of benzene rings is 2. The maximum Gasteiger partial charge on any atom is -1.00 e. The summed E-state index contributed by atoms with van der Waals surface area (Å²) in [5, 5.41) is 0. The fourth-order valence-corrected chi connectivity index (χ4v) is 9.78. The molecule has 0 saturated heterocycles. The van der Waals surface area contributed by atoms with Crippen molar-refractivity contribution in [2.45, 2.75) is 24.3 Å². The molecule has 1 nitrogen and oxygen atoms in total. The Morgan fingerprint density at radius 3 is 1.68 bits per heavy atom. The van der Waals surface area contributed by atoms with Gasteiger partial charge in [0.2, 0.25) is 0 Å². The Bertz CT molecular complexity index is 549. The second-order valence-corrected chi connectivity index (χ2v) is 14.0. The fraction of sp³-hybridized carbons (Fsp3) is 0.250. The summed E-state index contributed by atoms with van der Waals surface area (Å²) in [5.41, 5.74) is 2.51. The molecule has 0 bridgehead atoms. The molecule has 1 heterocycles. The van der Waals surface area contributed by atoms with Crippen LogP contribution < -0.4 is 32.7 Å². The minimum atomic E-state index is -2.05. The van der Waals surface area contributed by atoms with E-state index in [0.29, 0.717) is 4.71 Å². The quantitative estimate of drug-likeness (QED) is 0.351. The van der Waals surface area contributed by atoms with E-state index in [1.54, 1.807) is 0 Å². The Morgan fingerprint density at radius 2 is 1.26 bits per heavy atom. The third-order valence-corrected chi connectivity index (χ3v) is 14.2. The van der Waals surface area contributed by atoms with Gasteiger partial charge in [-0.25, -0.2) is 0 Å². The number of hydrogen-bond donors (Lipinski definition) is 0. The van der Waals surface area contributed by atoms with Crippen LogP contribution in [0.2, 0.25) is 10.4 Å². The van der Waals surface area contributed by atoms with Crippen LogP contribution in [0.1, 0.15) is 13.8 Å². The Hall–Kier alpha value is -0.472.